The van der Waals surface area contributed by atoms with Crippen molar-refractivity contribution in [2.24, 2.45) is 0 Å². The molecule has 0 aliphatic rings. The summed E-state index contributed by atoms with van der Waals surface area (Å²) in [6.45, 7) is 0. The van der Waals surface area contributed by atoms with Crippen LogP contribution in [-0.2, 0) is 16.0 Å². The van der Waals surface area contributed by atoms with Gasteiger partial charge in [-0.1, -0.05) is 60.1 Å². The molecule has 21 heavy (non-hydrogen) atoms. The van der Waals surface area contributed by atoms with Crippen molar-refractivity contribution in [1.29, 1.82) is 0 Å². The number of carboxylic acid groups (broad SMARTS) is 1. The van der Waals surface area contributed by atoms with Crippen LogP contribution in [-0.4, -0.2) is 17.0 Å². The lowest BCUT2D eigenvalue weighted by atomic mass is 10.1. The molecule has 2 aromatic rings. The molecular weight excluding hydrogens is 290 g/mol. The van der Waals surface area contributed by atoms with E-state index in [4.69, 9.17) is 11.6 Å². The van der Waals surface area contributed by atoms with Crippen molar-refractivity contribution in [1.82, 2.24) is 5.32 Å². The summed E-state index contributed by atoms with van der Waals surface area (Å²) in [5, 5.41) is 12.3. The van der Waals surface area contributed by atoms with Gasteiger partial charge in [0.1, 0.15) is 0 Å². The maximum absolute atomic E-state index is 12.0. The van der Waals surface area contributed by atoms with Gasteiger partial charge in [-0.05, 0) is 17.2 Å². The van der Waals surface area contributed by atoms with Gasteiger partial charge in [-0.3, -0.25) is 4.79 Å². The third kappa shape index (κ3) is 4.07. The average Bonchev–Trinajstić information content (AvgIpc) is 2.48. The Bertz CT molecular complexity index is 643. The van der Waals surface area contributed by atoms with E-state index in [1.165, 1.54) is 0 Å². The van der Waals surface area contributed by atoms with Crippen molar-refractivity contribution in [3.05, 3.63) is 70.7 Å². The molecule has 2 rings (SSSR count). The summed E-state index contributed by atoms with van der Waals surface area (Å²) in [5.41, 5.74) is 1.19. The van der Waals surface area contributed by atoms with Crippen LogP contribution in [0, 0.1) is 0 Å². The fourth-order valence-electron chi connectivity index (χ4n) is 1.96. The minimum absolute atomic E-state index is 0.0380. The third-order valence-electron chi connectivity index (χ3n) is 2.99. The fourth-order valence-corrected chi connectivity index (χ4v) is 2.16. The number of aliphatic carboxylic acids is 1. The highest BCUT2D eigenvalue weighted by Crippen LogP contribution is 2.17. The largest absolute Gasteiger partial charge is 0.479 e. The molecule has 0 saturated heterocycles. The summed E-state index contributed by atoms with van der Waals surface area (Å²) in [5.74, 6) is -1.49. The van der Waals surface area contributed by atoms with Crippen molar-refractivity contribution >= 4 is 23.5 Å². The highest BCUT2D eigenvalue weighted by atomic mass is 35.5. The molecule has 0 spiro atoms. The van der Waals surface area contributed by atoms with Crippen LogP contribution in [0.3, 0.4) is 0 Å². The number of carboxylic acids is 1. The first-order chi connectivity index (χ1) is 10.1. The van der Waals surface area contributed by atoms with Gasteiger partial charge in [0.25, 0.3) is 0 Å². The quantitative estimate of drug-likeness (QED) is 0.892. The van der Waals surface area contributed by atoms with E-state index in [0.29, 0.717) is 16.1 Å². The van der Waals surface area contributed by atoms with Crippen LogP contribution in [0.1, 0.15) is 17.2 Å². The van der Waals surface area contributed by atoms with Crippen molar-refractivity contribution in [2.75, 3.05) is 0 Å². The molecule has 4 nitrogen and oxygen atoms in total. The predicted octanol–water partition coefficient (Wildman–Crippen LogP) is 2.82. The Morgan fingerprint density at radius 1 is 1.05 bits per heavy atom. The van der Waals surface area contributed by atoms with Gasteiger partial charge < -0.3 is 10.4 Å². The molecule has 0 fully saturated rings. The van der Waals surface area contributed by atoms with E-state index in [0.717, 1.165) is 0 Å². The molecule has 2 N–H and O–H groups in total. The summed E-state index contributed by atoms with van der Waals surface area (Å²) < 4.78 is 0. The maximum Gasteiger partial charge on any atom is 0.330 e. The first-order valence-electron chi connectivity index (χ1n) is 6.38. The van der Waals surface area contributed by atoms with Crippen LogP contribution in [0.5, 0.6) is 0 Å². The van der Waals surface area contributed by atoms with Crippen molar-refractivity contribution in [3.8, 4) is 0 Å². The lowest BCUT2D eigenvalue weighted by molar-refractivity contribution is -0.141. The first kappa shape index (κ1) is 15.1. The number of hydrogen-bond donors (Lipinski definition) is 2. The Kier molecular flexibility index (Phi) is 4.95. The minimum Gasteiger partial charge on any atom is -0.479 e. The topological polar surface area (TPSA) is 66.4 Å². The number of carbonyl (C=O) groups is 2. The zero-order valence-electron chi connectivity index (χ0n) is 11.1. The van der Waals surface area contributed by atoms with Gasteiger partial charge in [0, 0.05) is 5.02 Å². The standard InChI is InChI=1S/C16H14ClNO3/c17-13-9-5-4-8-12(13)10-14(19)18-15(16(20)21)11-6-2-1-3-7-11/h1-9,15H,10H2,(H,18,19)(H,20,21)/t15-/m1/s1. The first-order valence-corrected chi connectivity index (χ1v) is 6.76. The lowest BCUT2D eigenvalue weighted by Gasteiger charge is -2.15. The van der Waals surface area contributed by atoms with Crippen molar-refractivity contribution < 1.29 is 14.7 Å². The summed E-state index contributed by atoms with van der Waals surface area (Å²) >= 11 is 5.99. The maximum atomic E-state index is 12.0. The molecule has 0 heterocycles. The Morgan fingerprint density at radius 3 is 2.29 bits per heavy atom. The molecule has 0 saturated carbocycles. The van der Waals surface area contributed by atoms with Crippen LogP contribution in [0.15, 0.2) is 54.6 Å². The second-order valence-corrected chi connectivity index (χ2v) is 4.92. The Morgan fingerprint density at radius 2 is 1.67 bits per heavy atom. The zero-order valence-corrected chi connectivity index (χ0v) is 11.9. The van der Waals surface area contributed by atoms with Gasteiger partial charge in [0.05, 0.1) is 6.42 Å². The molecule has 0 bridgehead atoms. The molecule has 0 aromatic heterocycles. The normalized spacial score (nSPS) is 11.7. The SMILES string of the molecule is O=C(Cc1ccccc1Cl)N[C@@H](C(=O)O)c1ccccc1. The number of benzene rings is 2. The van der Waals surface area contributed by atoms with E-state index in [2.05, 4.69) is 5.32 Å². The third-order valence-corrected chi connectivity index (χ3v) is 3.36. The van der Waals surface area contributed by atoms with E-state index >= 15 is 0 Å². The van der Waals surface area contributed by atoms with Gasteiger partial charge in [0.2, 0.25) is 5.91 Å². The van der Waals surface area contributed by atoms with E-state index in [9.17, 15) is 14.7 Å². The molecule has 0 radical (unpaired) electrons. The van der Waals surface area contributed by atoms with E-state index < -0.39 is 12.0 Å². The molecule has 0 unspecified atom stereocenters. The number of hydrogen-bond acceptors (Lipinski definition) is 2. The molecule has 1 amide bonds. The smallest absolute Gasteiger partial charge is 0.330 e. The number of halogens is 1. The monoisotopic (exact) mass is 303 g/mol. The van der Waals surface area contributed by atoms with Crippen LogP contribution >= 0.6 is 11.6 Å². The minimum atomic E-state index is -1.10. The number of rotatable bonds is 5. The molecule has 5 heteroatoms. The van der Waals surface area contributed by atoms with Gasteiger partial charge in [-0.25, -0.2) is 4.79 Å². The van der Waals surface area contributed by atoms with Gasteiger partial charge in [-0.15, -0.1) is 0 Å². The fraction of sp³-hybridized carbons (Fsp3) is 0.125. The Labute approximate surface area is 127 Å². The summed E-state index contributed by atoms with van der Waals surface area (Å²) in [6, 6.07) is 14.5. The number of nitrogens with one attached hydrogen (secondary N) is 1. The van der Waals surface area contributed by atoms with Gasteiger partial charge in [0.15, 0.2) is 6.04 Å². The average molecular weight is 304 g/mol. The summed E-state index contributed by atoms with van der Waals surface area (Å²) in [4.78, 5) is 23.3. The second kappa shape index (κ2) is 6.90. The van der Waals surface area contributed by atoms with Gasteiger partial charge >= 0.3 is 5.97 Å². The zero-order chi connectivity index (χ0) is 15.2. The van der Waals surface area contributed by atoms with Crippen LogP contribution < -0.4 is 5.32 Å². The second-order valence-electron chi connectivity index (χ2n) is 4.52. The number of carbonyl (C=O) groups excluding carboxylic acids is 1. The van der Waals surface area contributed by atoms with Crippen LogP contribution in [0.4, 0.5) is 0 Å². The lowest BCUT2D eigenvalue weighted by Crippen LogP contribution is -2.34. The summed E-state index contributed by atoms with van der Waals surface area (Å²) in [6.07, 6.45) is 0.0380. The highest BCUT2D eigenvalue weighted by Gasteiger charge is 2.22. The molecular formula is C16H14ClNO3. The Hall–Kier alpha value is -2.33. The van der Waals surface area contributed by atoms with Gasteiger partial charge in [-0.2, -0.15) is 0 Å². The van der Waals surface area contributed by atoms with E-state index in [1.807, 2.05) is 0 Å². The Balaban J connectivity index is 2.10. The van der Waals surface area contributed by atoms with Crippen LogP contribution in [0.25, 0.3) is 0 Å². The van der Waals surface area contributed by atoms with Crippen molar-refractivity contribution in [3.63, 3.8) is 0 Å². The van der Waals surface area contributed by atoms with Crippen molar-refractivity contribution in [2.45, 2.75) is 12.5 Å². The van der Waals surface area contributed by atoms with E-state index in [1.54, 1.807) is 54.6 Å². The molecule has 108 valence electrons. The van der Waals surface area contributed by atoms with Crippen LogP contribution in [0.2, 0.25) is 5.02 Å². The van der Waals surface area contributed by atoms with E-state index in [-0.39, 0.29) is 12.3 Å². The molecule has 1 atom stereocenters. The summed E-state index contributed by atoms with van der Waals surface area (Å²) in [7, 11) is 0. The highest BCUT2D eigenvalue weighted by molar-refractivity contribution is 6.31. The molecule has 0 aliphatic heterocycles. The predicted molar refractivity (Wildman–Crippen MR) is 80.1 cm³/mol. The number of amides is 1. The molecule has 0 aliphatic carbocycles. The molecule has 2 aromatic carbocycles.